The van der Waals surface area contributed by atoms with E-state index in [4.69, 9.17) is 0 Å². The van der Waals surface area contributed by atoms with E-state index in [-0.39, 0.29) is 16.7 Å². The van der Waals surface area contributed by atoms with Gasteiger partial charge in [0.2, 0.25) is 5.91 Å². The molecule has 0 radical (unpaired) electrons. The highest BCUT2D eigenvalue weighted by Gasteiger charge is 2.15. The molecule has 2 N–H and O–H groups in total. The fraction of sp³-hybridized carbons (Fsp3) is 0.0909. The standard InChI is InChI=1S/C22H18BrFN2O2S/c1-14(21(27)25-16-8-6-15(23)7-9-16)29-18-12-10-17(11-13-18)26-22(28)19-4-2-3-5-20(19)24/h2-14H,1H3,(H,25,27)(H,26,28). The van der Waals surface area contributed by atoms with Gasteiger partial charge < -0.3 is 10.6 Å². The third kappa shape index (κ3) is 5.92. The third-order valence-electron chi connectivity index (χ3n) is 4.02. The molecular formula is C22H18BrFN2O2S. The summed E-state index contributed by atoms with van der Waals surface area (Å²) >= 11 is 4.77. The number of rotatable bonds is 6. The summed E-state index contributed by atoms with van der Waals surface area (Å²) in [7, 11) is 0. The summed E-state index contributed by atoms with van der Waals surface area (Å²) < 4.78 is 14.6. The second-order valence-corrected chi connectivity index (χ2v) is 8.54. The number of carbonyl (C=O) groups excluding carboxylic acids is 2. The monoisotopic (exact) mass is 472 g/mol. The van der Waals surface area contributed by atoms with Crippen LogP contribution in [0.25, 0.3) is 0 Å². The van der Waals surface area contributed by atoms with E-state index in [1.54, 1.807) is 18.2 Å². The normalized spacial score (nSPS) is 11.6. The third-order valence-corrected chi connectivity index (χ3v) is 5.67. The van der Waals surface area contributed by atoms with E-state index in [1.165, 1.54) is 30.0 Å². The zero-order chi connectivity index (χ0) is 20.8. The van der Waals surface area contributed by atoms with Crippen molar-refractivity contribution < 1.29 is 14.0 Å². The minimum absolute atomic E-state index is 0.0100. The van der Waals surface area contributed by atoms with Crippen molar-refractivity contribution in [2.24, 2.45) is 0 Å². The molecule has 0 fully saturated rings. The number of carbonyl (C=O) groups is 2. The Balaban J connectivity index is 1.57. The molecule has 3 aromatic carbocycles. The summed E-state index contributed by atoms with van der Waals surface area (Å²) in [5.74, 6) is -1.18. The Bertz CT molecular complexity index is 1010. The lowest BCUT2D eigenvalue weighted by atomic mass is 10.2. The number of amides is 2. The number of thioether (sulfide) groups is 1. The van der Waals surface area contributed by atoms with Crippen LogP contribution in [0.4, 0.5) is 15.8 Å². The predicted molar refractivity (Wildman–Crippen MR) is 119 cm³/mol. The number of hydrogen-bond acceptors (Lipinski definition) is 3. The maximum atomic E-state index is 13.7. The molecule has 0 aliphatic rings. The van der Waals surface area contributed by atoms with Gasteiger partial charge in [0, 0.05) is 20.7 Å². The molecule has 0 saturated carbocycles. The maximum Gasteiger partial charge on any atom is 0.258 e. The Morgan fingerprint density at radius 2 is 1.48 bits per heavy atom. The average Bonchev–Trinajstić information content (AvgIpc) is 2.71. The first-order valence-corrected chi connectivity index (χ1v) is 10.5. The summed E-state index contributed by atoms with van der Waals surface area (Å²) in [4.78, 5) is 25.4. The molecule has 29 heavy (non-hydrogen) atoms. The molecule has 0 aliphatic carbocycles. The van der Waals surface area contributed by atoms with Crippen LogP contribution in [-0.2, 0) is 4.79 Å². The maximum absolute atomic E-state index is 13.7. The largest absolute Gasteiger partial charge is 0.325 e. The quantitative estimate of drug-likeness (QED) is 0.435. The molecule has 3 aromatic rings. The molecule has 0 heterocycles. The summed E-state index contributed by atoms with van der Waals surface area (Å²) in [6.45, 7) is 1.83. The second-order valence-electron chi connectivity index (χ2n) is 6.21. The van der Waals surface area contributed by atoms with Crippen molar-refractivity contribution in [1.29, 1.82) is 0 Å². The highest BCUT2D eigenvalue weighted by molar-refractivity contribution is 9.10. The van der Waals surface area contributed by atoms with Crippen LogP contribution >= 0.6 is 27.7 Å². The molecule has 4 nitrogen and oxygen atoms in total. The van der Waals surface area contributed by atoms with E-state index in [0.717, 1.165) is 15.1 Å². The molecule has 0 aliphatic heterocycles. The molecular weight excluding hydrogens is 455 g/mol. The van der Waals surface area contributed by atoms with Gasteiger partial charge in [-0.05, 0) is 67.6 Å². The Morgan fingerprint density at radius 3 is 2.14 bits per heavy atom. The van der Waals surface area contributed by atoms with E-state index in [9.17, 15) is 14.0 Å². The zero-order valence-electron chi connectivity index (χ0n) is 15.5. The summed E-state index contributed by atoms with van der Waals surface area (Å²) in [6, 6.07) is 20.3. The van der Waals surface area contributed by atoms with Crippen molar-refractivity contribution in [3.05, 3.63) is 88.6 Å². The molecule has 1 unspecified atom stereocenters. The number of anilines is 2. The van der Waals surface area contributed by atoms with Gasteiger partial charge in [-0.25, -0.2) is 4.39 Å². The van der Waals surface area contributed by atoms with Crippen LogP contribution in [0.3, 0.4) is 0 Å². The van der Waals surface area contributed by atoms with Gasteiger partial charge in [0.15, 0.2) is 0 Å². The molecule has 3 rings (SSSR count). The van der Waals surface area contributed by atoms with Gasteiger partial charge in [0.05, 0.1) is 10.8 Å². The molecule has 148 valence electrons. The molecule has 0 bridgehead atoms. The van der Waals surface area contributed by atoms with Crippen LogP contribution in [0.15, 0.2) is 82.2 Å². The lowest BCUT2D eigenvalue weighted by molar-refractivity contribution is -0.115. The Labute approximate surface area is 181 Å². The summed E-state index contributed by atoms with van der Waals surface area (Å²) in [5, 5.41) is 5.24. The summed E-state index contributed by atoms with van der Waals surface area (Å²) in [6.07, 6.45) is 0. The van der Waals surface area contributed by atoms with Crippen molar-refractivity contribution in [2.45, 2.75) is 17.1 Å². The van der Waals surface area contributed by atoms with E-state index in [1.807, 2.05) is 43.3 Å². The van der Waals surface area contributed by atoms with Gasteiger partial charge in [0.1, 0.15) is 5.82 Å². The van der Waals surface area contributed by atoms with E-state index in [0.29, 0.717) is 5.69 Å². The number of halogens is 2. The molecule has 7 heteroatoms. The highest BCUT2D eigenvalue weighted by Crippen LogP contribution is 2.26. The van der Waals surface area contributed by atoms with Crippen LogP contribution < -0.4 is 10.6 Å². The van der Waals surface area contributed by atoms with Gasteiger partial charge in [-0.1, -0.05) is 28.1 Å². The molecule has 1 atom stereocenters. The van der Waals surface area contributed by atoms with Crippen molar-refractivity contribution in [1.82, 2.24) is 0 Å². The first-order chi connectivity index (χ1) is 13.9. The Morgan fingerprint density at radius 1 is 0.897 bits per heavy atom. The minimum Gasteiger partial charge on any atom is -0.325 e. The predicted octanol–water partition coefficient (Wildman–Crippen LogP) is 5.96. The lowest BCUT2D eigenvalue weighted by Crippen LogP contribution is -2.22. The molecule has 2 amide bonds. The second kappa shape index (κ2) is 9.71. The lowest BCUT2D eigenvalue weighted by Gasteiger charge is -2.13. The highest BCUT2D eigenvalue weighted by atomic mass is 79.9. The van der Waals surface area contributed by atoms with E-state index < -0.39 is 11.7 Å². The van der Waals surface area contributed by atoms with Crippen molar-refractivity contribution in [3.63, 3.8) is 0 Å². The summed E-state index contributed by atoms with van der Waals surface area (Å²) in [5.41, 5.74) is 1.27. The molecule has 0 saturated heterocycles. The number of hydrogen-bond donors (Lipinski definition) is 2. The SMILES string of the molecule is CC(Sc1ccc(NC(=O)c2ccccc2F)cc1)C(=O)Nc1ccc(Br)cc1. The van der Waals surface area contributed by atoms with Gasteiger partial charge in [0.25, 0.3) is 5.91 Å². The van der Waals surface area contributed by atoms with Crippen LogP contribution in [0.5, 0.6) is 0 Å². The van der Waals surface area contributed by atoms with Gasteiger partial charge in [-0.15, -0.1) is 11.8 Å². The van der Waals surface area contributed by atoms with Crippen LogP contribution in [0.2, 0.25) is 0 Å². The number of nitrogens with one attached hydrogen (secondary N) is 2. The van der Waals surface area contributed by atoms with Gasteiger partial charge in [-0.3, -0.25) is 9.59 Å². The average molecular weight is 473 g/mol. The molecule has 0 spiro atoms. The smallest absolute Gasteiger partial charge is 0.258 e. The van der Waals surface area contributed by atoms with E-state index in [2.05, 4.69) is 26.6 Å². The van der Waals surface area contributed by atoms with Gasteiger partial charge in [-0.2, -0.15) is 0 Å². The molecule has 0 aromatic heterocycles. The van der Waals surface area contributed by atoms with Crippen LogP contribution in [0.1, 0.15) is 17.3 Å². The Kier molecular flexibility index (Phi) is 7.06. The van der Waals surface area contributed by atoms with Crippen LogP contribution in [-0.4, -0.2) is 17.1 Å². The first-order valence-electron chi connectivity index (χ1n) is 8.81. The van der Waals surface area contributed by atoms with Crippen molar-refractivity contribution in [2.75, 3.05) is 10.6 Å². The van der Waals surface area contributed by atoms with Gasteiger partial charge >= 0.3 is 0 Å². The van der Waals surface area contributed by atoms with Crippen molar-refractivity contribution >= 4 is 50.9 Å². The van der Waals surface area contributed by atoms with Crippen molar-refractivity contribution in [3.8, 4) is 0 Å². The fourth-order valence-electron chi connectivity index (χ4n) is 2.50. The number of benzene rings is 3. The minimum atomic E-state index is -0.567. The fourth-order valence-corrected chi connectivity index (χ4v) is 3.63. The topological polar surface area (TPSA) is 58.2 Å². The van der Waals surface area contributed by atoms with E-state index >= 15 is 0 Å². The zero-order valence-corrected chi connectivity index (χ0v) is 17.9. The first kappa shape index (κ1) is 21.1. The van der Waals surface area contributed by atoms with Crippen LogP contribution in [0, 0.1) is 5.82 Å². The Hall–Kier alpha value is -2.64.